The van der Waals surface area contributed by atoms with E-state index < -0.39 is 6.04 Å². The van der Waals surface area contributed by atoms with Crippen molar-refractivity contribution in [2.45, 2.75) is 25.8 Å². The molecule has 6 nitrogen and oxygen atoms in total. The van der Waals surface area contributed by atoms with E-state index in [2.05, 4.69) is 10.3 Å². The number of aryl methyl sites for hydroxylation is 1. The molecule has 0 bridgehead atoms. The molecular formula is C15H22Cl2N4O2. The molecule has 2 aromatic heterocycles. The fraction of sp³-hybridized carbons (Fsp3) is 0.467. The van der Waals surface area contributed by atoms with Crippen molar-refractivity contribution in [3.63, 3.8) is 0 Å². The number of hydrogen-bond donors (Lipinski definition) is 2. The molecular weight excluding hydrogens is 339 g/mol. The lowest BCUT2D eigenvalue weighted by atomic mass is 9.92. The van der Waals surface area contributed by atoms with Gasteiger partial charge in [-0.25, -0.2) is 4.98 Å². The number of nitrogens with one attached hydrogen (secondary N) is 1. The van der Waals surface area contributed by atoms with Crippen LogP contribution in [-0.4, -0.2) is 34.5 Å². The van der Waals surface area contributed by atoms with Gasteiger partial charge in [0.15, 0.2) is 0 Å². The van der Waals surface area contributed by atoms with Gasteiger partial charge in [0, 0.05) is 25.6 Å². The molecule has 3 rings (SSSR count). The summed E-state index contributed by atoms with van der Waals surface area (Å²) in [6, 6.07) is 3.23. The van der Waals surface area contributed by atoms with Crippen LogP contribution in [0.3, 0.4) is 0 Å². The Kier molecular flexibility index (Phi) is 7.28. The maximum Gasteiger partial charge on any atom is 0.241 e. The van der Waals surface area contributed by atoms with Gasteiger partial charge < -0.3 is 20.2 Å². The summed E-state index contributed by atoms with van der Waals surface area (Å²) in [5, 5.41) is 2.89. The van der Waals surface area contributed by atoms with Crippen molar-refractivity contribution < 1.29 is 9.53 Å². The third-order valence-electron chi connectivity index (χ3n) is 3.92. The Labute approximate surface area is 147 Å². The van der Waals surface area contributed by atoms with E-state index in [-0.39, 0.29) is 36.6 Å². The van der Waals surface area contributed by atoms with Crippen molar-refractivity contribution in [2.75, 3.05) is 18.5 Å². The topological polar surface area (TPSA) is 81.7 Å². The van der Waals surface area contributed by atoms with Gasteiger partial charge in [0.1, 0.15) is 5.65 Å². The molecule has 2 aromatic rings. The highest BCUT2D eigenvalue weighted by Crippen LogP contribution is 2.19. The van der Waals surface area contributed by atoms with Crippen molar-refractivity contribution in [3.05, 3.63) is 30.2 Å². The Hall–Kier alpha value is -1.34. The molecule has 0 aliphatic carbocycles. The van der Waals surface area contributed by atoms with Crippen molar-refractivity contribution in [1.82, 2.24) is 9.38 Å². The van der Waals surface area contributed by atoms with Crippen LogP contribution in [0.1, 0.15) is 18.5 Å². The summed E-state index contributed by atoms with van der Waals surface area (Å²) in [4.78, 5) is 16.6. The zero-order valence-corrected chi connectivity index (χ0v) is 14.5. The maximum absolute atomic E-state index is 12.3. The van der Waals surface area contributed by atoms with Gasteiger partial charge in [0.25, 0.3) is 0 Å². The number of halogens is 2. The predicted molar refractivity (Wildman–Crippen MR) is 94.6 cm³/mol. The lowest BCUT2D eigenvalue weighted by Gasteiger charge is -2.26. The normalized spacial score (nSPS) is 16.3. The minimum absolute atomic E-state index is 0. The van der Waals surface area contributed by atoms with E-state index in [0.29, 0.717) is 13.2 Å². The Morgan fingerprint density at radius 3 is 2.74 bits per heavy atom. The highest BCUT2D eigenvalue weighted by Gasteiger charge is 2.26. The van der Waals surface area contributed by atoms with E-state index in [1.54, 1.807) is 0 Å². The van der Waals surface area contributed by atoms with Gasteiger partial charge in [-0.2, -0.15) is 0 Å². The van der Waals surface area contributed by atoms with E-state index in [9.17, 15) is 4.79 Å². The van der Waals surface area contributed by atoms with Gasteiger partial charge in [-0.05, 0) is 37.8 Å². The second kappa shape index (κ2) is 8.49. The summed E-state index contributed by atoms with van der Waals surface area (Å²) in [7, 11) is 0. The number of nitrogens with zero attached hydrogens (tertiary/aromatic N) is 2. The number of pyridine rings is 1. The number of carbonyl (C=O) groups excluding carboxylic acids is 1. The van der Waals surface area contributed by atoms with E-state index in [1.807, 2.05) is 35.9 Å². The molecule has 1 atom stereocenters. The molecule has 8 heteroatoms. The van der Waals surface area contributed by atoms with Gasteiger partial charge in [0.2, 0.25) is 5.91 Å². The first kappa shape index (κ1) is 19.7. The Balaban J connectivity index is 0.00000132. The number of amides is 1. The van der Waals surface area contributed by atoms with E-state index >= 15 is 0 Å². The van der Waals surface area contributed by atoms with Crippen LogP contribution in [0.5, 0.6) is 0 Å². The SMILES string of the molecule is Cc1cn2cc(NC(=O)C(N)C3CCOCC3)ccc2n1.Cl.Cl. The first-order valence-corrected chi connectivity index (χ1v) is 7.23. The van der Waals surface area contributed by atoms with Crippen LogP contribution in [0, 0.1) is 12.8 Å². The Morgan fingerprint density at radius 1 is 1.35 bits per heavy atom. The molecule has 0 aromatic carbocycles. The molecule has 1 fully saturated rings. The molecule has 1 aliphatic heterocycles. The lowest BCUT2D eigenvalue weighted by Crippen LogP contribution is -2.44. The number of rotatable bonds is 3. The number of carbonyl (C=O) groups is 1. The van der Waals surface area contributed by atoms with Crippen LogP contribution in [0.15, 0.2) is 24.5 Å². The largest absolute Gasteiger partial charge is 0.381 e. The van der Waals surface area contributed by atoms with E-state index in [4.69, 9.17) is 10.5 Å². The molecule has 1 saturated heterocycles. The summed E-state index contributed by atoms with van der Waals surface area (Å²) in [5.41, 5.74) is 8.60. The first-order chi connectivity index (χ1) is 10.1. The Morgan fingerprint density at radius 2 is 2.04 bits per heavy atom. The van der Waals surface area contributed by atoms with Crippen LogP contribution in [0.4, 0.5) is 5.69 Å². The highest BCUT2D eigenvalue weighted by atomic mass is 35.5. The smallest absolute Gasteiger partial charge is 0.241 e. The van der Waals surface area contributed by atoms with E-state index in [1.165, 1.54) is 0 Å². The van der Waals surface area contributed by atoms with Crippen LogP contribution >= 0.6 is 24.8 Å². The fourth-order valence-electron chi connectivity index (χ4n) is 2.71. The molecule has 23 heavy (non-hydrogen) atoms. The quantitative estimate of drug-likeness (QED) is 0.878. The van der Waals surface area contributed by atoms with Gasteiger partial charge in [-0.1, -0.05) is 0 Å². The summed E-state index contributed by atoms with van der Waals surface area (Å²) >= 11 is 0. The molecule has 3 N–H and O–H groups in total. The number of imidazole rings is 1. The molecule has 128 valence electrons. The number of hydrogen-bond acceptors (Lipinski definition) is 4. The highest BCUT2D eigenvalue weighted by molar-refractivity contribution is 5.94. The molecule has 1 unspecified atom stereocenters. The van der Waals surface area contributed by atoms with Gasteiger partial charge >= 0.3 is 0 Å². The molecule has 0 saturated carbocycles. The molecule has 1 amide bonds. The predicted octanol–water partition coefficient (Wildman–Crippen LogP) is 2.18. The standard InChI is InChI=1S/C15H20N4O2.2ClH/c1-10-8-19-9-12(2-3-13(19)17-10)18-15(20)14(16)11-4-6-21-7-5-11;;/h2-3,8-9,11,14H,4-7,16H2,1H3,(H,18,20);2*1H. The minimum atomic E-state index is -0.492. The zero-order valence-electron chi connectivity index (χ0n) is 12.9. The van der Waals surface area contributed by atoms with E-state index in [0.717, 1.165) is 29.9 Å². The molecule has 0 radical (unpaired) electrons. The third-order valence-corrected chi connectivity index (χ3v) is 3.92. The van der Waals surface area contributed by atoms with Crippen molar-refractivity contribution in [2.24, 2.45) is 11.7 Å². The summed E-state index contributed by atoms with van der Waals surface area (Å²) < 4.78 is 7.19. The van der Waals surface area contributed by atoms with Crippen molar-refractivity contribution in [3.8, 4) is 0 Å². The molecule has 1 aliphatic rings. The van der Waals surface area contributed by atoms with Crippen molar-refractivity contribution in [1.29, 1.82) is 0 Å². The number of nitrogens with two attached hydrogens (primary N) is 1. The average Bonchev–Trinajstić information content (AvgIpc) is 2.86. The maximum atomic E-state index is 12.3. The van der Waals surface area contributed by atoms with Gasteiger partial charge in [-0.15, -0.1) is 24.8 Å². The summed E-state index contributed by atoms with van der Waals surface area (Å²) in [5.74, 6) is 0.0519. The lowest BCUT2D eigenvalue weighted by molar-refractivity contribution is -0.119. The Bertz CT molecular complexity index is 656. The monoisotopic (exact) mass is 360 g/mol. The third kappa shape index (κ3) is 4.57. The summed E-state index contributed by atoms with van der Waals surface area (Å²) in [6.45, 7) is 3.31. The van der Waals surface area contributed by atoms with Crippen LogP contribution in [0.25, 0.3) is 5.65 Å². The second-order valence-corrected chi connectivity index (χ2v) is 5.53. The number of ether oxygens (including phenoxy) is 1. The number of fused-ring (bicyclic) bond motifs is 1. The molecule has 3 heterocycles. The molecule has 0 spiro atoms. The minimum Gasteiger partial charge on any atom is -0.381 e. The van der Waals surface area contributed by atoms with Crippen LogP contribution < -0.4 is 11.1 Å². The van der Waals surface area contributed by atoms with Crippen LogP contribution in [0.2, 0.25) is 0 Å². The average molecular weight is 361 g/mol. The fourth-order valence-corrected chi connectivity index (χ4v) is 2.71. The number of anilines is 1. The summed E-state index contributed by atoms with van der Waals surface area (Å²) in [6.07, 6.45) is 5.45. The van der Waals surface area contributed by atoms with Crippen molar-refractivity contribution >= 4 is 42.1 Å². The zero-order chi connectivity index (χ0) is 14.8. The van der Waals surface area contributed by atoms with Crippen LogP contribution in [-0.2, 0) is 9.53 Å². The second-order valence-electron chi connectivity index (χ2n) is 5.53. The van der Waals surface area contributed by atoms with Gasteiger partial charge in [0.05, 0.1) is 17.4 Å². The number of aromatic nitrogens is 2. The van der Waals surface area contributed by atoms with Gasteiger partial charge in [-0.3, -0.25) is 4.79 Å². The first-order valence-electron chi connectivity index (χ1n) is 7.23.